The Morgan fingerprint density at radius 3 is 2.02 bits per heavy atom. The van der Waals surface area contributed by atoms with Crippen LogP contribution in [-0.4, -0.2) is 58.2 Å². The molecule has 0 spiro atoms. The number of H-pyrrole nitrogens is 1. The zero-order valence-electron chi connectivity index (χ0n) is 22.9. The molecule has 2 N–H and O–H groups in total. The van der Waals surface area contributed by atoms with Crippen molar-refractivity contribution in [3.8, 4) is 5.75 Å². The molecule has 1 amide bonds. The van der Waals surface area contributed by atoms with E-state index in [2.05, 4.69) is 9.88 Å². The fourth-order valence-electron chi connectivity index (χ4n) is 4.67. The topological polar surface area (TPSA) is 125 Å². The summed E-state index contributed by atoms with van der Waals surface area (Å²) in [6.07, 6.45) is 1.29. The summed E-state index contributed by atoms with van der Waals surface area (Å²) in [6.45, 7) is 0.902. The van der Waals surface area contributed by atoms with Crippen molar-refractivity contribution >= 4 is 17.6 Å². The third kappa shape index (κ3) is 7.30. The minimum atomic E-state index is -1.18. The molecule has 4 aromatic rings. The fraction of sp³-hybridized carbons (Fsp3) is 0.226. The maximum Gasteiger partial charge on any atom is 0.328 e. The van der Waals surface area contributed by atoms with E-state index in [4.69, 9.17) is 4.74 Å². The second kappa shape index (κ2) is 13.3. The van der Waals surface area contributed by atoms with Gasteiger partial charge in [0.05, 0.1) is 13.2 Å². The molecular weight excluding hydrogens is 524 g/mol. The number of aliphatic carboxylic acids is 1. The molecule has 212 valence electrons. The Hall–Kier alpha value is -5.12. The first-order valence-corrected chi connectivity index (χ1v) is 13.1. The van der Waals surface area contributed by atoms with Crippen LogP contribution >= 0.6 is 0 Å². The van der Waals surface area contributed by atoms with E-state index in [1.54, 1.807) is 7.11 Å². The number of carboxylic acid groups (broad SMARTS) is 1. The van der Waals surface area contributed by atoms with Crippen molar-refractivity contribution in [2.75, 3.05) is 31.6 Å². The molecule has 1 aromatic heterocycles. The average molecular weight is 557 g/mol. The van der Waals surface area contributed by atoms with Crippen molar-refractivity contribution in [1.29, 1.82) is 0 Å². The van der Waals surface area contributed by atoms with Crippen molar-refractivity contribution in [2.45, 2.75) is 19.5 Å². The summed E-state index contributed by atoms with van der Waals surface area (Å²) in [7, 11) is 1.59. The van der Waals surface area contributed by atoms with Gasteiger partial charge in [-0.3, -0.25) is 23.9 Å². The molecule has 0 saturated carbocycles. The molecule has 41 heavy (non-hydrogen) atoms. The largest absolute Gasteiger partial charge is 0.497 e. The van der Waals surface area contributed by atoms with E-state index < -0.39 is 36.2 Å². The monoisotopic (exact) mass is 556 g/mol. The van der Waals surface area contributed by atoms with E-state index in [1.807, 2.05) is 84.9 Å². The van der Waals surface area contributed by atoms with Gasteiger partial charge >= 0.3 is 11.7 Å². The molecule has 0 atom stereocenters. The fourth-order valence-corrected chi connectivity index (χ4v) is 4.67. The van der Waals surface area contributed by atoms with Crippen molar-refractivity contribution < 1.29 is 19.4 Å². The van der Waals surface area contributed by atoms with E-state index in [-0.39, 0.29) is 24.7 Å². The second-order valence-electron chi connectivity index (χ2n) is 9.52. The number of ether oxygens (including phenoxy) is 1. The summed E-state index contributed by atoms with van der Waals surface area (Å²) in [5.74, 6) is -1.05. The first-order valence-electron chi connectivity index (χ1n) is 13.1. The summed E-state index contributed by atoms with van der Waals surface area (Å²) in [5, 5.41) is 9.60. The minimum Gasteiger partial charge on any atom is -0.497 e. The number of hydrogen-bond acceptors (Lipinski definition) is 6. The summed E-state index contributed by atoms with van der Waals surface area (Å²) in [6, 6.07) is 27.1. The third-order valence-electron chi connectivity index (χ3n) is 6.73. The van der Waals surface area contributed by atoms with Gasteiger partial charge in [0.2, 0.25) is 5.91 Å². The number of nitrogens with one attached hydrogen (secondary N) is 1. The van der Waals surface area contributed by atoms with E-state index in [1.165, 1.54) is 18.0 Å². The number of aromatic amines is 1. The summed E-state index contributed by atoms with van der Waals surface area (Å²) in [5.41, 5.74) is 1.86. The Morgan fingerprint density at radius 1 is 0.902 bits per heavy atom. The standard InChI is InChI=1S/C31H32N4O6/c1-22-19-34(31(40)32-30(22)39)20-27(36)33(21-28(37)38)17-18-35(25-13-15-26(41-2)16-14-25)29(23-9-5-3-6-10-23)24-11-7-4-8-12-24/h3-16,19,29H,17-18,20-21H2,1-2H3,(H,37,38)(H,32,39,40). The van der Waals surface area contributed by atoms with Gasteiger partial charge < -0.3 is 19.6 Å². The van der Waals surface area contributed by atoms with Gasteiger partial charge in [0.1, 0.15) is 18.8 Å². The molecule has 0 fully saturated rings. The number of nitrogens with zero attached hydrogens (tertiary/aromatic N) is 3. The third-order valence-corrected chi connectivity index (χ3v) is 6.73. The maximum absolute atomic E-state index is 13.3. The van der Waals surface area contributed by atoms with Gasteiger partial charge in [0.25, 0.3) is 5.56 Å². The van der Waals surface area contributed by atoms with Crippen LogP contribution < -0.4 is 20.9 Å². The van der Waals surface area contributed by atoms with Gasteiger partial charge in [0.15, 0.2) is 0 Å². The van der Waals surface area contributed by atoms with Crippen molar-refractivity contribution in [3.63, 3.8) is 0 Å². The molecule has 0 aliphatic carbocycles. The molecule has 0 aliphatic heterocycles. The van der Waals surface area contributed by atoms with Gasteiger partial charge in [-0.15, -0.1) is 0 Å². The number of carbonyl (C=O) groups is 2. The van der Waals surface area contributed by atoms with E-state index >= 15 is 0 Å². The first kappa shape index (κ1) is 28.9. The van der Waals surface area contributed by atoms with Crippen LogP contribution in [0.3, 0.4) is 0 Å². The van der Waals surface area contributed by atoms with Gasteiger partial charge in [-0.25, -0.2) is 4.79 Å². The lowest BCUT2D eigenvalue weighted by atomic mass is 9.96. The zero-order chi connectivity index (χ0) is 29.4. The molecule has 0 bridgehead atoms. The van der Waals surface area contributed by atoms with Crippen LogP contribution in [0.25, 0.3) is 0 Å². The minimum absolute atomic E-state index is 0.0599. The Morgan fingerprint density at radius 2 is 1.49 bits per heavy atom. The molecular formula is C31H32N4O6. The number of amides is 1. The predicted octanol–water partition coefficient (Wildman–Crippen LogP) is 3.06. The molecule has 1 heterocycles. The Kier molecular flexibility index (Phi) is 9.36. The Labute approximate surface area is 237 Å². The molecule has 4 rings (SSSR count). The second-order valence-corrected chi connectivity index (χ2v) is 9.52. The van der Waals surface area contributed by atoms with Gasteiger partial charge in [-0.05, 0) is 42.3 Å². The molecule has 10 nitrogen and oxygen atoms in total. The SMILES string of the molecule is COc1ccc(N(CCN(CC(=O)O)C(=O)Cn2cc(C)c(=O)[nH]c2=O)C(c2ccccc2)c2ccccc2)cc1. The molecule has 0 aliphatic rings. The number of carbonyl (C=O) groups excluding carboxylic acids is 1. The summed E-state index contributed by atoms with van der Waals surface area (Å²) in [4.78, 5) is 54.6. The number of benzene rings is 3. The van der Waals surface area contributed by atoms with Crippen LogP contribution in [0.5, 0.6) is 5.75 Å². The van der Waals surface area contributed by atoms with Crippen LogP contribution in [0.2, 0.25) is 0 Å². The van der Waals surface area contributed by atoms with E-state index in [0.29, 0.717) is 5.75 Å². The molecule has 0 unspecified atom stereocenters. The zero-order valence-corrected chi connectivity index (χ0v) is 22.9. The average Bonchev–Trinajstić information content (AvgIpc) is 2.98. The lowest BCUT2D eigenvalue weighted by Crippen LogP contribution is -2.45. The summed E-state index contributed by atoms with van der Waals surface area (Å²) >= 11 is 0. The lowest BCUT2D eigenvalue weighted by molar-refractivity contribution is -0.144. The van der Waals surface area contributed by atoms with Gasteiger partial charge in [-0.2, -0.15) is 0 Å². The molecule has 10 heteroatoms. The normalized spacial score (nSPS) is 10.8. The van der Waals surface area contributed by atoms with Gasteiger partial charge in [0, 0.05) is 30.5 Å². The number of hydrogen-bond donors (Lipinski definition) is 2. The van der Waals surface area contributed by atoms with Crippen molar-refractivity contribution in [2.24, 2.45) is 0 Å². The lowest BCUT2D eigenvalue weighted by Gasteiger charge is -2.36. The highest BCUT2D eigenvalue weighted by molar-refractivity contribution is 5.81. The number of methoxy groups -OCH3 is 1. The number of anilines is 1. The van der Waals surface area contributed by atoms with Crippen LogP contribution in [0, 0.1) is 6.92 Å². The molecule has 0 saturated heterocycles. The number of carboxylic acids is 1. The highest BCUT2D eigenvalue weighted by Gasteiger charge is 2.26. The van der Waals surface area contributed by atoms with Crippen LogP contribution in [0.1, 0.15) is 22.7 Å². The number of aromatic nitrogens is 2. The Bertz CT molecular complexity index is 1540. The van der Waals surface area contributed by atoms with Crippen molar-refractivity contribution in [1.82, 2.24) is 14.5 Å². The highest BCUT2D eigenvalue weighted by Crippen LogP contribution is 2.33. The van der Waals surface area contributed by atoms with Crippen LogP contribution in [-0.2, 0) is 16.1 Å². The quantitative estimate of drug-likeness (QED) is 0.275. The smallest absolute Gasteiger partial charge is 0.328 e. The van der Waals surface area contributed by atoms with Crippen molar-refractivity contribution in [3.05, 3.63) is 129 Å². The molecule has 0 radical (unpaired) electrons. The van der Waals surface area contributed by atoms with E-state index in [9.17, 15) is 24.3 Å². The van der Waals surface area contributed by atoms with E-state index in [0.717, 1.165) is 21.4 Å². The first-order chi connectivity index (χ1) is 19.8. The summed E-state index contributed by atoms with van der Waals surface area (Å²) < 4.78 is 6.42. The Balaban J connectivity index is 1.70. The maximum atomic E-state index is 13.3. The number of aryl methyl sites for hydroxylation is 1. The number of rotatable bonds is 12. The van der Waals surface area contributed by atoms with Crippen LogP contribution in [0.15, 0.2) is 101 Å². The predicted molar refractivity (Wildman–Crippen MR) is 155 cm³/mol. The highest BCUT2D eigenvalue weighted by atomic mass is 16.5. The molecule has 3 aromatic carbocycles. The van der Waals surface area contributed by atoms with Crippen LogP contribution in [0.4, 0.5) is 5.69 Å². The van der Waals surface area contributed by atoms with Gasteiger partial charge in [-0.1, -0.05) is 60.7 Å².